The zero-order valence-electron chi connectivity index (χ0n) is 16.8. The van der Waals surface area contributed by atoms with Crippen molar-refractivity contribution in [2.75, 3.05) is 45.4 Å². The maximum absolute atomic E-state index is 13.4. The average Bonchev–Trinajstić information content (AvgIpc) is 3.31. The van der Waals surface area contributed by atoms with Crippen molar-refractivity contribution in [1.82, 2.24) is 4.31 Å². The second kappa shape index (κ2) is 6.61. The van der Waals surface area contributed by atoms with Crippen LogP contribution in [0, 0.1) is 0 Å². The van der Waals surface area contributed by atoms with Crippen molar-refractivity contribution >= 4 is 21.6 Å². The third-order valence-corrected chi connectivity index (χ3v) is 8.02. The summed E-state index contributed by atoms with van der Waals surface area (Å²) in [6.45, 7) is 1.16. The highest BCUT2D eigenvalue weighted by Gasteiger charge is 2.55. The number of benzene rings is 2. The molecule has 158 valence electrons. The molecule has 0 N–H and O–H groups in total. The van der Waals surface area contributed by atoms with Gasteiger partial charge in [-0.25, -0.2) is 8.42 Å². The van der Waals surface area contributed by atoms with E-state index in [1.54, 1.807) is 31.2 Å². The number of hydrogen-bond donors (Lipinski definition) is 0. The van der Waals surface area contributed by atoms with Crippen molar-refractivity contribution in [2.24, 2.45) is 0 Å². The lowest BCUT2D eigenvalue weighted by atomic mass is 9.81. The molecule has 0 bridgehead atoms. The molecule has 2 aromatic rings. The Labute approximate surface area is 175 Å². The fourth-order valence-corrected chi connectivity index (χ4v) is 6.09. The first-order valence-corrected chi connectivity index (χ1v) is 11.2. The van der Waals surface area contributed by atoms with Gasteiger partial charge in [-0.1, -0.05) is 0 Å². The Kier molecular flexibility index (Phi) is 4.23. The van der Waals surface area contributed by atoms with E-state index in [0.29, 0.717) is 36.9 Å². The normalized spacial score (nSPS) is 23.1. The Morgan fingerprint density at radius 1 is 1.07 bits per heavy atom. The van der Waals surface area contributed by atoms with Crippen LogP contribution in [-0.2, 0) is 20.2 Å². The summed E-state index contributed by atoms with van der Waals surface area (Å²) in [4.78, 5) is 15.0. The van der Waals surface area contributed by atoms with Gasteiger partial charge in [0.1, 0.15) is 19.0 Å². The molecule has 0 radical (unpaired) electrons. The minimum absolute atomic E-state index is 0.0904. The molecule has 3 aliphatic rings. The van der Waals surface area contributed by atoms with E-state index in [1.165, 1.54) is 16.4 Å². The van der Waals surface area contributed by atoms with E-state index in [0.717, 1.165) is 11.3 Å². The van der Waals surface area contributed by atoms with Gasteiger partial charge >= 0.3 is 0 Å². The summed E-state index contributed by atoms with van der Waals surface area (Å²) in [5.74, 6) is 1.50. The largest absolute Gasteiger partial charge is 0.497 e. The van der Waals surface area contributed by atoms with Crippen LogP contribution in [0.25, 0.3) is 0 Å². The van der Waals surface area contributed by atoms with Gasteiger partial charge in [0.2, 0.25) is 15.9 Å². The van der Waals surface area contributed by atoms with Crippen molar-refractivity contribution in [2.45, 2.75) is 16.7 Å². The van der Waals surface area contributed by atoms with E-state index < -0.39 is 15.4 Å². The monoisotopic (exact) mass is 430 g/mol. The average molecular weight is 430 g/mol. The maximum atomic E-state index is 13.4. The molecule has 30 heavy (non-hydrogen) atoms. The van der Waals surface area contributed by atoms with Crippen LogP contribution in [0.15, 0.2) is 41.3 Å². The Bertz CT molecular complexity index is 1150. The number of anilines is 1. The van der Waals surface area contributed by atoms with Gasteiger partial charge in [0, 0.05) is 31.9 Å². The topological polar surface area (TPSA) is 85.4 Å². The molecular weight excluding hydrogens is 408 g/mol. The van der Waals surface area contributed by atoms with Crippen LogP contribution < -0.4 is 19.1 Å². The smallest absolute Gasteiger partial charge is 0.243 e. The molecule has 1 amide bonds. The van der Waals surface area contributed by atoms with Gasteiger partial charge < -0.3 is 19.1 Å². The molecular formula is C21H22N2O6S. The molecule has 3 aliphatic heterocycles. The summed E-state index contributed by atoms with van der Waals surface area (Å²) in [6, 6.07) is 10.1. The summed E-state index contributed by atoms with van der Waals surface area (Å²) < 4.78 is 44.5. The van der Waals surface area contributed by atoms with Crippen LogP contribution in [-0.4, -0.2) is 59.1 Å². The van der Waals surface area contributed by atoms with Gasteiger partial charge in [-0.2, -0.15) is 4.31 Å². The molecule has 0 aliphatic carbocycles. The number of nitrogens with zero attached hydrogens (tertiary/aromatic N) is 2. The minimum Gasteiger partial charge on any atom is -0.497 e. The molecule has 0 aromatic heterocycles. The highest BCUT2D eigenvalue weighted by atomic mass is 32.2. The number of hydrogen-bond acceptors (Lipinski definition) is 6. The highest BCUT2D eigenvalue weighted by Crippen LogP contribution is 2.49. The fraction of sp³-hybridized carbons (Fsp3) is 0.381. The molecule has 0 saturated carbocycles. The number of amides is 1. The number of methoxy groups -OCH3 is 1. The lowest BCUT2D eigenvalue weighted by Gasteiger charge is -2.24. The van der Waals surface area contributed by atoms with E-state index in [2.05, 4.69) is 0 Å². The zero-order valence-corrected chi connectivity index (χ0v) is 17.6. The Morgan fingerprint density at radius 3 is 2.60 bits per heavy atom. The van der Waals surface area contributed by atoms with Crippen LogP contribution in [0.5, 0.6) is 17.2 Å². The molecule has 0 unspecified atom stereocenters. The number of rotatable bonds is 3. The summed E-state index contributed by atoms with van der Waals surface area (Å²) in [5.41, 5.74) is 0.702. The summed E-state index contributed by atoms with van der Waals surface area (Å²) in [7, 11) is -0.505. The third kappa shape index (κ3) is 2.61. The molecule has 5 rings (SSSR count). The first-order chi connectivity index (χ1) is 14.4. The minimum atomic E-state index is -3.80. The lowest BCUT2D eigenvalue weighted by molar-refractivity contribution is -0.122. The highest BCUT2D eigenvalue weighted by molar-refractivity contribution is 7.89. The first-order valence-electron chi connectivity index (χ1n) is 9.73. The van der Waals surface area contributed by atoms with Gasteiger partial charge in [0.15, 0.2) is 11.5 Å². The van der Waals surface area contributed by atoms with Crippen LogP contribution in [0.4, 0.5) is 5.69 Å². The quantitative estimate of drug-likeness (QED) is 0.738. The standard InChI is InChI=1S/C21H22N2O6S/c1-22-17-5-3-14(27-2)11-16(17)21(20(22)24)7-8-23(13-21)30(25,26)15-4-6-18-19(12-15)29-10-9-28-18/h3-6,11-12H,7-10,13H2,1-2H3/t21-/m1/s1. The molecule has 1 spiro atoms. The van der Waals surface area contributed by atoms with E-state index in [-0.39, 0.29) is 23.9 Å². The lowest BCUT2D eigenvalue weighted by Crippen LogP contribution is -2.42. The van der Waals surface area contributed by atoms with E-state index >= 15 is 0 Å². The molecule has 3 heterocycles. The number of carbonyl (C=O) groups excluding carboxylic acids is 1. The number of likely N-dealkylation sites (N-methyl/N-ethyl adjacent to an activating group) is 1. The zero-order chi connectivity index (χ0) is 21.1. The predicted octanol–water partition coefficient (Wildman–Crippen LogP) is 1.78. The van der Waals surface area contributed by atoms with Crippen LogP contribution >= 0.6 is 0 Å². The van der Waals surface area contributed by atoms with Crippen molar-refractivity contribution in [3.8, 4) is 17.2 Å². The molecule has 8 nitrogen and oxygen atoms in total. The van der Waals surface area contributed by atoms with Gasteiger partial charge in [-0.15, -0.1) is 0 Å². The second-order valence-electron chi connectivity index (χ2n) is 7.72. The fourth-order valence-electron chi connectivity index (χ4n) is 4.57. The molecule has 1 saturated heterocycles. The Balaban J connectivity index is 1.51. The van der Waals surface area contributed by atoms with Crippen molar-refractivity contribution in [3.05, 3.63) is 42.0 Å². The SMILES string of the molecule is COc1ccc2c(c1)[C@]1(CCN(S(=O)(=O)c3ccc4c(c3)OCCO4)C1)C(=O)N2C. The maximum Gasteiger partial charge on any atom is 0.243 e. The number of fused-ring (bicyclic) bond motifs is 3. The van der Waals surface area contributed by atoms with Crippen molar-refractivity contribution in [1.29, 1.82) is 0 Å². The summed E-state index contributed by atoms with van der Waals surface area (Å²) >= 11 is 0. The van der Waals surface area contributed by atoms with Gasteiger partial charge in [-0.3, -0.25) is 4.79 Å². The van der Waals surface area contributed by atoms with Gasteiger partial charge in [-0.05, 0) is 42.3 Å². The van der Waals surface area contributed by atoms with E-state index in [9.17, 15) is 13.2 Å². The van der Waals surface area contributed by atoms with Crippen molar-refractivity contribution < 1.29 is 27.4 Å². The van der Waals surface area contributed by atoms with E-state index in [4.69, 9.17) is 14.2 Å². The first kappa shape index (κ1) is 19.2. The van der Waals surface area contributed by atoms with E-state index in [1.807, 2.05) is 12.1 Å². The summed E-state index contributed by atoms with van der Waals surface area (Å²) in [5, 5.41) is 0. The van der Waals surface area contributed by atoms with Gasteiger partial charge in [0.05, 0.1) is 17.4 Å². The molecule has 9 heteroatoms. The third-order valence-electron chi connectivity index (χ3n) is 6.18. The predicted molar refractivity (Wildman–Crippen MR) is 109 cm³/mol. The molecule has 1 fully saturated rings. The van der Waals surface area contributed by atoms with Crippen LogP contribution in [0.1, 0.15) is 12.0 Å². The number of carbonyl (C=O) groups is 1. The number of sulfonamides is 1. The Morgan fingerprint density at radius 2 is 1.83 bits per heavy atom. The summed E-state index contributed by atoms with van der Waals surface area (Å²) in [6.07, 6.45) is 0.417. The number of ether oxygens (including phenoxy) is 3. The molecule has 2 aromatic carbocycles. The van der Waals surface area contributed by atoms with Crippen LogP contribution in [0.2, 0.25) is 0 Å². The second-order valence-corrected chi connectivity index (χ2v) is 9.66. The van der Waals surface area contributed by atoms with Gasteiger partial charge in [0.25, 0.3) is 0 Å². The van der Waals surface area contributed by atoms with Crippen molar-refractivity contribution in [3.63, 3.8) is 0 Å². The van der Waals surface area contributed by atoms with Crippen LogP contribution in [0.3, 0.4) is 0 Å². The molecule has 1 atom stereocenters. The Hall–Kier alpha value is -2.78.